The lowest BCUT2D eigenvalue weighted by atomic mass is 9.90. The number of benzene rings is 2. The van der Waals surface area contributed by atoms with Crippen molar-refractivity contribution in [1.82, 2.24) is 0 Å². The van der Waals surface area contributed by atoms with Crippen molar-refractivity contribution in [2.45, 2.75) is 32.1 Å². The number of rotatable bonds is 5. The molecule has 0 fully saturated rings. The SMILES string of the molecule is COc1ccc(C(C)C)cc1CC(C#N)c1cccc(F)c1. The Morgan fingerprint density at radius 2 is 1.91 bits per heavy atom. The number of hydrogen-bond donors (Lipinski definition) is 0. The van der Waals surface area contributed by atoms with Gasteiger partial charge in [-0.05, 0) is 47.2 Å². The molecule has 0 aliphatic heterocycles. The van der Waals surface area contributed by atoms with E-state index in [-0.39, 0.29) is 5.82 Å². The molecule has 0 N–H and O–H groups in total. The molecule has 0 radical (unpaired) electrons. The molecule has 0 amide bonds. The van der Waals surface area contributed by atoms with Crippen molar-refractivity contribution >= 4 is 0 Å². The van der Waals surface area contributed by atoms with Crippen LogP contribution in [0.25, 0.3) is 0 Å². The first-order valence-corrected chi connectivity index (χ1v) is 7.37. The molecule has 22 heavy (non-hydrogen) atoms. The zero-order valence-corrected chi connectivity index (χ0v) is 13.1. The van der Waals surface area contributed by atoms with E-state index in [1.165, 1.54) is 17.7 Å². The molecule has 1 unspecified atom stereocenters. The minimum Gasteiger partial charge on any atom is -0.496 e. The standard InChI is InChI=1S/C19H20FNO/c1-13(2)14-7-8-19(22-3)16(9-14)10-17(12-21)15-5-4-6-18(20)11-15/h4-9,11,13,17H,10H2,1-3H3. The van der Waals surface area contributed by atoms with Gasteiger partial charge >= 0.3 is 0 Å². The maximum atomic E-state index is 13.4. The van der Waals surface area contributed by atoms with Gasteiger partial charge in [-0.15, -0.1) is 0 Å². The predicted octanol–water partition coefficient (Wildman–Crippen LogP) is 4.81. The van der Waals surface area contributed by atoms with E-state index in [1.807, 2.05) is 12.1 Å². The molecule has 0 saturated heterocycles. The van der Waals surface area contributed by atoms with E-state index in [0.29, 0.717) is 17.9 Å². The lowest BCUT2D eigenvalue weighted by Gasteiger charge is -2.15. The Kier molecular flexibility index (Phi) is 5.16. The monoisotopic (exact) mass is 297 g/mol. The Morgan fingerprint density at radius 3 is 2.50 bits per heavy atom. The maximum Gasteiger partial charge on any atom is 0.123 e. The van der Waals surface area contributed by atoms with E-state index in [9.17, 15) is 9.65 Å². The Labute approximate surface area is 131 Å². The third-order valence-electron chi connectivity index (χ3n) is 3.80. The Bertz CT molecular complexity index is 688. The fourth-order valence-corrected chi connectivity index (χ4v) is 2.50. The van der Waals surface area contributed by atoms with Crippen molar-refractivity contribution in [1.29, 1.82) is 5.26 Å². The van der Waals surface area contributed by atoms with Crippen molar-refractivity contribution in [2.75, 3.05) is 7.11 Å². The van der Waals surface area contributed by atoms with Gasteiger partial charge in [-0.2, -0.15) is 5.26 Å². The molecule has 0 aliphatic carbocycles. The summed E-state index contributed by atoms with van der Waals surface area (Å²) in [6, 6.07) is 14.6. The highest BCUT2D eigenvalue weighted by molar-refractivity contribution is 5.41. The summed E-state index contributed by atoms with van der Waals surface area (Å²) >= 11 is 0. The van der Waals surface area contributed by atoms with Crippen molar-refractivity contribution in [3.63, 3.8) is 0 Å². The van der Waals surface area contributed by atoms with Crippen molar-refractivity contribution in [3.8, 4) is 11.8 Å². The molecule has 1 atom stereocenters. The van der Waals surface area contributed by atoms with Crippen LogP contribution >= 0.6 is 0 Å². The van der Waals surface area contributed by atoms with Crippen molar-refractivity contribution < 1.29 is 9.13 Å². The maximum absolute atomic E-state index is 13.4. The lowest BCUT2D eigenvalue weighted by molar-refractivity contribution is 0.408. The molecular formula is C19H20FNO. The number of hydrogen-bond acceptors (Lipinski definition) is 2. The number of nitrogens with zero attached hydrogens (tertiary/aromatic N) is 1. The summed E-state index contributed by atoms with van der Waals surface area (Å²) in [4.78, 5) is 0. The van der Waals surface area contributed by atoms with Crippen LogP contribution in [0.15, 0.2) is 42.5 Å². The van der Waals surface area contributed by atoms with Crippen LogP contribution in [-0.4, -0.2) is 7.11 Å². The fourth-order valence-electron chi connectivity index (χ4n) is 2.50. The van der Waals surface area contributed by atoms with E-state index in [1.54, 1.807) is 19.2 Å². The summed E-state index contributed by atoms with van der Waals surface area (Å²) < 4.78 is 18.8. The van der Waals surface area contributed by atoms with Gasteiger partial charge in [-0.3, -0.25) is 0 Å². The van der Waals surface area contributed by atoms with Gasteiger partial charge in [-0.1, -0.05) is 38.1 Å². The molecule has 2 aromatic carbocycles. The first kappa shape index (κ1) is 16.0. The fraction of sp³-hybridized carbons (Fsp3) is 0.316. The molecule has 0 saturated carbocycles. The lowest BCUT2D eigenvalue weighted by Crippen LogP contribution is -2.04. The average molecular weight is 297 g/mol. The van der Waals surface area contributed by atoms with Crippen molar-refractivity contribution in [3.05, 3.63) is 65.0 Å². The number of nitriles is 1. The Hall–Kier alpha value is -2.34. The van der Waals surface area contributed by atoms with E-state index in [4.69, 9.17) is 4.74 Å². The molecule has 0 aliphatic rings. The molecule has 0 spiro atoms. The first-order chi connectivity index (χ1) is 10.5. The van der Waals surface area contributed by atoms with Crippen LogP contribution in [0.4, 0.5) is 4.39 Å². The molecule has 3 heteroatoms. The summed E-state index contributed by atoms with van der Waals surface area (Å²) in [5, 5.41) is 9.46. The quantitative estimate of drug-likeness (QED) is 0.793. The molecule has 2 aromatic rings. The zero-order valence-electron chi connectivity index (χ0n) is 13.1. The van der Waals surface area contributed by atoms with Crippen LogP contribution < -0.4 is 4.74 Å². The van der Waals surface area contributed by atoms with Crippen LogP contribution in [0.5, 0.6) is 5.75 Å². The summed E-state index contributed by atoms with van der Waals surface area (Å²) in [6.07, 6.45) is 0.504. The predicted molar refractivity (Wildman–Crippen MR) is 85.5 cm³/mol. The summed E-state index contributed by atoms with van der Waals surface area (Å²) in [5.74, 6) is 0.452. The van der Waals surface area contributed by atoms with Gasteiger partial charge in [0.05, 0.1) is 19.1 Å². The topological polar surface area (TPSA) is 33.0 Å². The third kappa shape index (κ3) is 3.65. The normalized spacial score (nSPS) is 12.0. The Balaban J connectivity index is 2.35. The molecule has 0 heterocycles. The third-order valence-corrected chi connectivity index (χ3v) is 3.80. The molecule has 2 rings (SSSR count). The molecular weight excluding hydrogens is 277 g/mol. The highest BCUT2D eigenvalue weighted by Crippen LogP contribution is 2.29. The number of halogens is 1. The van der Waals surface area contributed by atoms with Crippen LogP contribution in [0.2, 0.25) is 0 Å². The smallest absolute Gasteiger partial charge is 0.123 e. The van der Waals surface area contributed by atoms with Gasteiger partial charge in [0.25, 0.3) is 0 Å². The summed E-state index contributed by atoms with van der Waals surface area (Å²) in [6.45, 7) is 4.25. The highest BCUT2D eigenvalue weighted by atomic mass is 19.1. The second kappa shape index (κ2) is 7.09. The summed E-state index contributed by atoms with van der Waals surface area (Å²) in [5.41, 5.74) is 2.87. The van der Waals surface area contributed by atoms with Crippen LogP contribution in [0, 0.1) is 17.1 Å². The minimum absolute atomic E-state index is 0.319. The van der Waals surface area contributed by atoms with Gasteiger partial charge in [0.2, 0.25) is 0 Å². The van der Waals surface area contributed by atoms with Gasteiger partial charge in [0, 0.05) is 0 Å². The van der Waals surface area contributed by atoms with Gasteiger partial charge < -0.3 is 4.74 Å². The van der Waals surface area contributed by atoms with E-state index in [0.717, 1.165) is 11.3 Å². The zero-order chi connectivity index (χ0) is 16.1. The van der Waals surface area contributed by atoms with Crippen molar-refractivity contribution in [2.24, 2.45) is 0 Å². The first-order valence-electron chi connectivity index (χ1n) is 7.37. The van der Waals surface area contributed by atoms with Gasteiger partial charge in [-0.25, -0.2) is 4.39 Å². The summed E-state index contributed by atoms with van der Waals surface area (Å²) in [7, 11) is 1.62. The largest absolute Gasteiger partial charge is 0.496 e. The van der Waals surface area contributed by atoms with Gasteiger partial charge in [0.15, 0.2) is 0 Å². The average Bonchev–Trinajstić information content (AvgIpc) is 2.52. The number of ether oxygens (including phenoxy) is 1. The van der Waals surface area contributed by atoms with E-state index < -0.39 is 5.92 Å². The molecule has 0 aromatic heterocycles. The van der Waals surface area contributed by atoms with Gasteiger partial charge in [0.1, 0.15) is 11.6 Å². The van der Waals surface area contributed by atoms with Crippen LogP contribution in [-0.2, 0) is 6.42 Å². The molecule has 0 bridgehead atoms. The second-order valence-electron chi connectivity index (χ2n) is 5.67. The second-order valence-corrected chi connectivity index (χ2v) is 5.67. The van der Waals surface area contributed by atoms with E-state index in [2.05, 4.69) is 26.0 Å². The minimum atomic E-state index is -0.396. The van der Waals surface area contributed by atoms with Crippen LogP contribution in [0.1, 0.15) is 42.4 Å². The highest BCUT2D eigenvalue weighted by Gasteiger charge is 2.16. The molecule has 114 valence electrons. The van der Waals surface area contributed by atoms with E-state index >= 15 is 0 Å². The molecule has 2 nitrogen and oxygen atoms in total. The Morgan fingerprint density at radius 1 is 1.14 bits per heavy atom. The van der Waals surface area contributed by atoms with Crippen LogP contribution in [0.3, 0.4) is 0 Å². The number of methoxy groups -OCH3 is 1.